The van der Waals surface area contributed by atoms with Gasteiger partial charge in [-0.25, -0.2) is 15.0 Å². The van der Waals surface area contributed by atoms with Crippen molar-refractivity contribution in [2.24, 2.45) is 5.10 Å². The van der Waals surface area contributed by atoms with Crippen LogP contribution in [0.1, 0.15) is 21.7 Å². The number of carbonyl (C=O) groups is 2. The van der Waals surface area contributed by atoms with Gasteiger partial charge in [0, 0.05) is 11.3 Å². The molecule has 0 radical (unpaired) electrons. The Balaban J connectivity index is 1.59. The van der Waals surface area contributed by atoms with Gasteiger partial charge in [-0.3, -0.25) is 0 Å². The van der Waals surface area contributed by atoms with Gasteiger partial charge >= 0.3 is 12.0 Å². The molecular formula is C20H17N3O4. The van der Waals surface area contributed by atoms with Crippen LogP contribution in [-0.4, -0.2) is 23.3 Å². The van der Waals surface area contributed by atoms with Crippen LogP contribution in [-0.2, 0) is 0 Å². The van der Waals surface area contributed by atoms with Crippen LogP contribution >= 0.6 is 0 Å². The molecule has 1 heterocycles. The average Bonchev–Trinajstić information content (AvgIpc) is 3.12. The number of hydrogen-bond donors (Lipinski definition) is 3. The molecule has 0 saturated carbocycles. The lowest BCUT2D eigenvalue weighted by atomic mass is 10.1. The Hall–Kier alpha value is -3.87. The fraction of sp³-hybridized carbons (Fsp3) is 0.0500. The first kappa shape index (κ1) is 17.9. The van der Waals surface area contributed by atoms with E-state index in [1.807, 2.05) is 25.1 Å². The molecule has 3 rings (SSSR count). The molecule has 0 unspecified atom stereocenters. The summed E-state index contributed by atoms with van der Waals surface area (Å²) in [7, 11) is 0. The molecule has 7 heteroatoms. The fourth-order valence-electron chi connectivity index (χ4n) is 2.37. The molecule has 27 heavy (non-hydrogen) atoms. The predicted molar refractivity (Wildman–Crippen MR) is 102 cm³/mol. The number of para-hydroxylation sites is 1. The first-order chi connectivity index (χ1) is 13.0. The third-order valence-corrected chi connectivity index (χ3v) is 3.79. The second-order valence-corrected chi connectivity index (χ2v) is 5.72. The summed E-state index contributed by atoms with van der Waals surface area (Å²) in [5.41, 5.74) is 4.96. The number of hydrogen-bond acceptors (Lipinski definition) is 4. The molecule has 2 amide bonds. The van der Waals surface area contributed by atoms with Gasteiger partial charge < -0.3 is 14.8 Å². The summed E-state index contributed by atoms with van der Waals surface area (Å²) < 4.78 is 5.62. The molecule has 0 atom stereocenters. The van der Waals surface area contributed by atoms with Gasteiger partial charge in [0.05, 0.1) is 11.8 Å². The molecule has 0 bridgehead atoms. The van der Waals surface area contributed by atoms with E-state index in [1.165, 1.54) is 18.3 Å². The van der Waals surface area contributed by atoms with Crippen LogP contribution in [0.15, 0.2) is 70.2 Å². The molecule has 0 saturated heterocycles. The lowest BCUT2D eigenvalue weighted by Crippen LogP contribution is -2.24. The summed E-state index contributed by atoms with van der Waals surface area (Å²) in [4.78, 5) is 22.7. The number of urea groups is 1. The number of carboxylic acids is 1. The number of furan rings is 1. The number of anilines is 1. The molecule has 3 N–H and O–H groups in total. The SMILES string of the molecule is Cc1ccccc1NC(=O)NN=Cc1ccc(-c2ccc(C(=O)O)cc2)o1. The van der Waals surface area contributed by atoms with E-state index >= 15 is 0 Å². The van der Waals surface area contributed by atoms with Gasteiger partial charge in [-0.05, 0) is 42.8 Å². The van der Waals surface area contributed by atoms with Gasteiger partial charge in [0.25, 0.3) is 0 Å². The maximum atomic E-state index is 11.9. The Labute approximate surface area is 155 Å². The zero-order chi connectivity index (χ0) is 19.2. The summed E-state index contributed by atoms with van der Waals surface area (Å²) in [6.07, 6.45) is 1.38. The summed E-state index contributed by atoms with van der Waals surface area (Å²) >= 11 is 0. The molecule has 0 spiro atoms. The molecule has 136 valence electrons. The third kappa shape index (κ3) is 4.60. The number of aromatic carboxylic acids is 1. The second kappa shape index (κ2) is 8.01. The van der Waals surface area contributed by atoms with E-state index in [0.717, 1.165) is 11.1 Å². The number of nitrogens with zero attached hydrogens (tertiary/aromatic N) is 1. The zero-order valence-corrected chi connectivity index (χ0v) is 14.5. The minimum absolute atomic E-state index is 0.205. The van der Waals surface area contributed by atoms with Crippen molar-refractivity contribution in [3.05, 3.63) is 77.6 Å². The lowest BCUT2D eigenvalue weighted by molar-refractivity contribution is 0.0697. The van der Waals surface area contributed by atoms with E-state index in [9.17, 15) is 9.59 Å². The standard InChI is InChI=1S/C20H17N3O4/c1-13-4-2-3-5-17(13)22-20(26)23-21-12-16-10-11-18(27-16)14-6-8-15(9-7-14)19(24)25/h2-12H,1H3,(H,24,25)(H2,22,23,26). The predicted octanol–water partition coefficient (Wildman–Crippen LogP) is 4.11. The molecule has 0 fully saturated rings. The fourth-order valence-corrected chi connectivity index (χ4v) is 2.37. The average molecular weight is 363 g/mol. The van der Waals surface area contributed by atoms with Gasteiger partial charge in [0.1, 0.15) is 11.5 Å². The largest absolute Gasteiger partial charge is 0.478 e. The van der Waals surface area contributed by atoms with Crippen LogP contribution in [0.2, 0.25) is 0 Å². The Morgan fingerprint density at radius 1 is 1.04 bits per heavy atom. The molecule has 2 aromatic carbocycles. The van der Waals surface area contributed by atoms with Crippen LogP contribution in [0.4, 0.5) is 10.5 Å². The highest BCUT2D eigenvalue weighted by atomic mass is 16.4. The molecular weight excluding hydrogens is 346 g/mol. The number of aryl methyl sites for hydroxylation is 1. The summed E-state index contributed by atoms with van der Waals surface area (Å²) in [5.74, 6) is 0.0325. The molecule has 7 nitrogen and oxygen atoms in total. The quantitative estimate of drug-likeness (QED) is 0.469. The highest BCUT2D eigenvalue weighted by Crippen LogP contribution is 2.22. The maximum absolute atomic E-state index is 11.9. The molecule has 0 aliphatic carbocycles. The van der Waals surface area contributed by atoms with Gasteiger partial charge in [-0.15, -0.1) is 0 Å². The van der Waals surface area contributed by atoms with Gasteiger partial charge in [-0.2, -0.15) is 5.10 Å². The number of nitrogens with one attached hydrogen (secondary N) is 2. The first-order valence-electron chi connectivity index (χ1n) is 8.12. The lowest BCUT2D eigenvalue weighted by Gasteiger charge is -2.06. The van der Waals surface area contributed by atoms with Gasteiger partial charge in [-0.1, -0.05) is 30.3 Å². The number of carbonyl (C=O) groups excluding carboxylic acids is 1. The smallest absolute Gasteiger partial charge is 0.339 e. The maximum Gasteiger partial charge on any atom is 0.339 e. The molecule has 0 aliphatic rings. The van der Waals surface area contributed by atoms with E-state index in [4.69, 9.17) is 9.52 Å². The number of carboxylic acid groups (broad SMARTS) is 1. The van der Waals surface area contributed by atoms with Crippen molar-refractivity contribution in [2.75, 3.05) is 5.32 Å². The number of benzene rings is 2. The monoisotopic (exact) mass is 363 g/mol. The number of amides is 2. The topological polar surface area (TPSA) is 104 Å². The van der Waals surface area contributed by atoms with Crippen molar-refractivity contribution >= 4 is 23.9 Å². The Kier molecular flexibility index (Phi) is 5.32. The van der Waals surface area contributed by atoms with Crippen LogP contribution in [0.5, 0.6) is 0 Å². The second-order valence-electron chi connectivity index (χ2n) is 5.72. The first-order valence-corrected chi connectivity index (χ1v) is 8.12. The van der Waals surface area contributed by atoms with Crippen molar-refractivity contribution in [2.45, 2.75) is 6.92 Å². The minimum Gasteiger partial charge on any atom is -0.478 e. The third-order valence-electron chi connectivity index (χ3n) is 3.79. The molecule has 3 aromatic rings. The van der Waals surface area contributed by atoms with E-state index < -0.39 is 12.0 Å². The van der Waals surface area contributed by atoms with Crippen molar-refractivity contribution < 1.29 is 19.1 Å². The Morgan fingerprint density at radius 2 is 1.78 bits per heavy atom. The van der Waals surface area contributed by atoms with E-state index in [1.54, 1.807) is 30.3 Å². The van der Waals surface area contributed by atoms with Crippen molar-refractivity contribution in [3.8, 4) is 11.3 Å². The Morgan fingerprint density at radius 3 is 2.48 bits per heavy atom. The minimum atomic E-state index is -0.983. The summed E-state index contributed by atoms with van der Waals surface area (Å²) in [6, 6.07) is 16.7. The van der Waals surface area contributed by atoms with Crippen LogP contribution in [0.3, 0.4) is 0 Å². The normalized spacial score (nSPS) is 10.7. The highest BCUT2D eigenvalue weighted by molar-refractivity contribution is 5.91. The molecule has 0 aliphatic heterocycles. The van der Waals surface area contributed by atoms with Gasteiger partial charge in [0.15, 0.2) is 0 Å². The van der Waals surface area contributed by atoms with Crippen LogP contribution in [0, 0.1) is 6.92 Å². The van der Waals surface area contributed by atoms with Crippen molar-refractivity contribution in [1.82, 2.24) is 5.43 Å². The van der Waals surface area contributed by atoms with Gasteiger partial charge in [0.2, 0.25) is 0 Å². The number of rotatable bonds is 5. The zero-order valence-electron chi connectivity index (χ0n) is 14.5. The van der Waals surface area contributed by atoms with Crippen LogP contribution < -0.4 is 10.7 Å². The van der Waals surface area contributed by atoms with E-state index in [0.29, 0.717) is 17.2 Å². The van der Waals surface area contributed by atoms with E-state index in [2.05, 4.69) is 15.8 Å². The number of hydrazone groups is 1. The highest BCUT2D eigenvalue weighted by Gasteiger charge is 2.07. The summed E-state index contributed by atoms with van der Waals surface area (Å²) in [5, 5.41) is 15.5. The molecule has 1 aromatic heterocycles. The van der Waals surface area contributed by atoms with Crippen molar-refractivity contribution in [1.29, 1.82) is 0 Å². The van der Waals surface area contributed by atoms with Crippen LogP contribution in [0.25, 0.3) is 11.3 Å². The van der Waals surface area contributed by atoms with Crippen molar-refractivity contribution in [3.63, 3.8) is 0 Å². The van der Waals surface area contributed by atoms with E-state index in [-0.39, 0.29) is 5.56 Å². The summed E-state index contributed by atoms with van der Waals surface area (Å²) in [6.45, 7) is 1.90. The Bertz CT molecular complexity index is 990.